The molecule has 0 spiro atoms. The fraction of sp³-hybridized carbons (Fsp3) is 0.273. The number of aliphatic imine (C=N–C) groups is 1. The lowest BCUT2D eigenvalue weighted by atomic mass is 10.1. The molecule has 2 N–H and O–H groups in total. The molecule has 28 heavy (non-hydrogen) atoms. The number of aryl methyl sites for hydroxylation is 2. The zero-order valence-corrected chi connectivity index (χ0v) is 16.7. The highest BCUT2D eigenvalue weighted by Crippen LogP contribution is 2.21. The van der Waals surface area contributed by atoms with Gasteiger partial charge in [0.15, 0.2) is 11.7 Å². The van der Waals surface area contributed by atoms with Crippen molar-refractivity contribution in [2.45, 2.75) is 26.9 Å². The number of hydrogen-bond acceptors (Lipinski definition) is 4. The molecule has 0 aliphatic carbocycles. The first-order valence-corrected chi connectivity index (χ1v) is 9.19. The van der Waals surface area contributed by atoms with Crippen LogP contribution in [0, 0.1) is 13.8 Å². The summed E-state index contributed by atoms with van der Waals surface area (Å²) in [5, 5.41) is 6.50. The second-order valence-corrected chi connectivity index (χ2v) is 6.58. The van der Waals surface area contributed by atoms with Crippen LogP contribution in [0.1, 0.15) is 22.6 Å². The van der Waals surface area contributed by atoms with E-state index >= 15 is 0 Å². The van der Waals surface area contributed by atoms with E-state index in [1.165, 1.54) is 5.56 Å². The van der Waals surface area contributed by atoms with Gasteiger partial charge in [0.25, 0.3) is 0 Å². The maximum Gasteiger partial charge on any atom is 0.214 e. The first kappa shape index (κ1) is 19.5. The Morgan fingerprint density at radius 3 is 2.46 bits per heavy atom. The molecule has 0 bridgehead atoms. The summed E-state index contributed by atoms with van der Waals surface area (Å²) in [5.74, 6) is 2.88. The summed E-state index contributed by atoms with van der Waals surface area (Å²) in [7, 11) is 3.41. The quantitative estimate of drug-likeness (QED) is 0.504. The molecule has 6 nitrogen and oxygen atoms in total. The molecule has 3 aromatic rings. The highest BCUT2D eigenvalue weighted by atomic mass is 16.5. The summed E-state index contributed by atoms with van der Waals surface area (Å²) in [6.07, 6.45) is 1.75. The van der Waals surface area contributed by atoms with Gasteiger partial charge in [0.1, 0.15) is 5.75 Å². The van der Waals surface area contributed by atoms with E-state index in [0.29, 0.717) is 24.9 Å². The van der Waals surface area contributed by atoms with Crippen molar-refractivity contribution in [3.63, 3.8) is 0 Å². The molecule has 3 rings (SSSR count). The lowest BCUT2D eigenvalue weighted by molar-refractivity contribution is 0.408. The maximum atomic E-state index is 5.84. The van der Waals surface area contributed by atoms with Gasteiger partial charge in [-0.3, -0.25) is 4.99 Å². The standard InChI is InChI=1S/C22H26N4O2/c1-15-5-8-17(9-6-15)20-13-24-21(28-20)14-26-22(23-3)25-12-18-10-7-16(2)11-19(18)27-4/h5-11,13H,12,14H2,1-4H3,(H2,23,25,26). The van der Waals surface area contributed by atoms with E-state index in [2.05, 4.69) is 51.8 Å². The van der Waals surface area contributed by atoms with E-state index in [-0.39, 0.29) is 0 Å². The van der Waals surface area contributed by atoms with E-state index in [1.54, 1.807) is 20.4 Å². The molecule has 1 heterocycles. The number of rotatable bonds is 6. The SMILES string of the molecule is CN=C(NCc1ncc(-c2ccc(C)cc2)o1)NCc1ccc(C)cc1OC. The molecule has 0 aliphatic rings. The van der Waals surface area contributed by atoms with Crippen molar-refractivity contribution in [3.05, 3.63) is 71.2 Å². The monoisotopic (exact) mass is 378 g/mol. The first-order valence-electron chi connectivity index (χ1n) is 9.19. The van der Waals surface area contributed by atoms with E-state index in [0.717, 1.165) is 28.2 Å². The Hall–Kier alpha value is -3.28. The van der Waals surface area contributed by atoms with Crippen LogP contribution in [0.15, 0.2) is 58.1 Å². The molecule has 0 radical (unpaired) electrons. The molecule has 0 amide bonds. The number of aromatic nitrogens is 1. The third kappa shape index (κ3) is 4.91. The van der Waals surface area contributed by atoms with Crippen LogP contribution in [0.25, 0.3) is 11.3 Å². The number of nitrogens with one attached hydrogen (secondary N) is 2. The Balaban J connectivity index is 1.57. The fourth-order valence-electron chi connectivity index (χ4n) is 2.80. The van der Waals surface area contributed by atoms with Gasteiger partial charge in [-0.05, 0) is 25.5 Å². The average molecular weight is 378 g/mol. The molecule has 0 saturated carbocycles. The molecule has 6 heteroatoms. The van der Waals surface area contributed by atoms with Gasteiger partial charge in [0, 0.05) is 24.7 Å². The molecule has 0 atom stereocenters. The van der Waals surface area contributed by atoms with Gasteiger partial charge in [0.05, 0.1) is 19.9 Å². The van der Waals surface area contributed by atoms with Crippen LogP contribution in [0.2, 0.25) is 0 Å². The van der Waals surface area contributed by atoms with E-state index in [9.17, 15) is 0 Å². The topological polar surface area (TPSA) is 71.7 Å². The van der Waals surface area contributed by atoms with Crippen molar-refractivity contribution in [2.24, 2.45) is 4.99 Å². The van der Waals surface area contributed by atoms with Crippen molar-refractivity contribution >= 4 is 5.96 Å². The number of methoxy groups -OCH3 is 1. The average Bonchev–Trinajstić information content (AvgIpc) is 3.18. The zero-order valence-electron chi connectivity index (χ0n) is 16.7. The minimum atomic E-state index is 0.441. The number of hydrogen-bond donors (Lipinski definition) is 2. The number of benzene rings is 2. The number of nitrogens with zero attached hydrogens (tertiary/aromatic N) is 2. The molecule has 2 aromatic carbocycles. The van der Waals surface area contributed by atoms with Crippen LogP contribution < -0.4 is 15.4 Å². The summed E-state index contributed by atoms with van der Waals surface area (Å²) in [6.45, 7) is 5.14. The summed E-state index contributed by atoms with van der Waals surface area (Å²) in [5.41, 5.74) is 4.45. The van der Waals surface area contributed by atoms with Gasteiger partial charge in [-0.25, -0.2) is 4.98 Å². The van der Waals surface area contributed by atoms with Gasteiger partial charge in [-0.1, -0.05) is 42.0 Å². The molecular weight excluding hydrogens is 352 g/mol. The summed E-state index contributed by atoms with van der Waals surface area (Å²) in [4.78, 5) is 8.59. The summed E-state index contributed by atoms with van der Waals surface area (Å²) in [6, 6.07) is 14.3. The van der Waals surface area contributed by atoms with Crippen LogP contribution in [0.3, 0.4) is 0 Å². The summed E-state index contributed by atoms with van der Waals surface area (Å²) >= 11 is 0. The van der Waals surface area contributed by atoms with Crippen LogP contribution in [-0.2, 0) is 13.1 Å². The Bertz CT molecular complexity index is 945. The van der Waals surface area contributed by atoms with Gasteiger partial charge in [-0.2, -0.15) is 0 Å². The van der Waals surface area contributed by atoms with E-state index in [1.807, 2.05) is 25.1 Å². The highest BCUT2D eigenvalue weighted by molar-refractivity contribution is 5.79. The molecule has 0 fully saturated rings. The maximum absolute atomic E-state index is 5.84. The van der Waals surface area contributed by atoms with Gasteiger partial charge >= 0.3 is 0 Å². The van der Waals surface area contributed by atoms with Crippen LogP contribution in [-0.4, -0.2) is 25.1 Å². The van der Waals surface area contributed by atoms with Crippen molar-refractivity contribution < 1.29 is 9.15 Å². The van der Waals surface area contributed by atoms with Crippen LogP contribution >= 0.6 is 0 Å². The number of guanidine groups is 1. The molecule has 146 valence electrons. The number of oxazole rings is 1. The molecule has 0 aliphatic heterocycles. The Morgan fingerprint density at radius 2 is 1.75 bits per heavy atom. The van der Waals surface area contributed by atoms with Gasteiger partial charge in [-0.15, -0.1) is 0 Å². The Kier molecular flexibility index (Phi) is 6.32. The molecular formula is C22H26N4O2. The zero-order chi connectivity index (χ0) is 19.9. The minimum Gasteiger partial charge on any atom is -0.496 e. The largest absolute Gasteiger partial charge is 0.496 e. The van der Waals surface area contributed by atoms with Crippen LogP contribution in [0.5, 0.6) is 5.75 Å². The second-order valence-electron chi connectivity index (χ2n) is 6.58. The van der Waals surface area contributed by atoms with E-state index < -0.39 is 0 Å². The van der Waals surface area contributed by atoms with Crippen molar-refractivity contribution in [1.82, 2.24) is 15.6 Å². The van der Waals surface area contributed by atoms with E-state index in [4.69, 9.17) is 9.15 Å². The first-order chi connectivity index (χ1) is 13.6. The van der Waals surface area contributed by atoms with Crippen molar-refractivity contribution in [2.75, 3.05) is 14.2 Å². The third-order valence-electron chi connectivity index (χ3n) is 4.41. The van der Waals surface area contributed by atoms with Crippen LogP contribution in [0.4, 0.5) is 0 Å². The highest BCUT2D eigenvalue weighted by Gasteiger charge is 2.08. The van der Waals surface area contributed by atoms with Crippen molar-refractivity contribution in [3.8, 4) is 17.1 Å². The number of ether oxygens (including phenoxy) is 1. The predicted molar refractivity (Wildman–Crippen MR) is 111 cm³/mol. The predicted octanol–water partition coefficient (Wildman–Crippen LogP) is 3.83. The lowest BCUT2D eigenvalue weighted by Gasteiger charge is -2.13. The van der Waals surface area contributed by atoms with Gasteiger partial charge < -0.3 is 19.8 Å². The summed E-state index contributed by atoms with van der Waals surface area (Å²) < 4.78 is 11.3. The smallest absolute Gasteiger partial charge is 0.214 e. The van der Waals surface area contributed by atoms with Gasteiger partial charge in [0.2, 0.25) is 5.89 Å². The Morgan fingerprint density at radius 1 is 1.04 bits per heavy atom. The van der Waals surface area contributed by atoms with Crippen molar-refractivity contribution in [1.29, 1.82) is 0 Å². The molecule has 0 saturated heterocycles. The molecule has 0 unspecified atom stereocenters. The fourth-order valence-corrected chi connectivity index (χ4v) is 2.80. The lowest BCUT2D eigenvalue weighted by Crippen LogP contribution is -2.36. The Labute approximate surface area is 165 Å². The minimum absolute atomic E-state index is 0.441. The molecule has 1 aromatic heterocycles. The third-order valence-corrected chi connectivity index (χ3v) is 4.41. The second kappa shape index (κ2) is 9.08. The normalized spacial score (nSPS) is 11.4.